The van der Waals surface area contributed by atoms with Crippen LogP contribution in [0.2, 0.25) is 0 Å². The highest BCUT2D eigenvalue weighted by Crippen LogP contribution is 2.41. The van der Waals surface area contributed by atoms with Crippen LogP contribution in [-0.2, 0) is 0 Å². The van der Waals surface area contributed by atoms with Crippen molar-refractivity contribution in [1.29, 1.82) is 0 Å². The summed E-state index contributed by atoms with van der Waals surface area (Å²) in [5.74, 6) is 2.03. The molecule has 2 aliphatic heterocycles. The van der Waals surface area contributed by atoms with Gasteiger partial charge in [-0.05, 0) is 30.9 Å². The van der Waals surface area contributed by atoms with Crippen molar-refractivity contribution in [2.75, 3.05) is 27.2 Å². The fourth-order valence-corrected chi connectivity index (χ4v) is 3.68. The number of methoxy groups -OCH3 is 1. The number of carbonyl (C=O) groups excluding carboxylic acids is 1. The number of carbonyl (C=O) groups is 1. The third-order valence-corrected chi connectivity index (χ3v) is 4.85. The minimum absolute atomic E-state index is 0.198. The maximum Gasteiger partial charge on any atom is 0.177 e. The molecule has 3 rings (SSSR count). The van der Waals surface area contributed by atoms with Crippen molar-refractivity contribution in [1.82, 2.24) is 4.48 Å². The predicted octanol–water partition coefficient (Wildman–Crippen LogP) is 2.87. The van der Waals surface area contributed by atoms with Gasteiger partial charge in [-0.1, -0.05) is 6.92 Å². The number of ether oxygens (including phenoxy) is 1. The number of fused-ring (bicyclic) bond motifs is 4. The molecule has 3 unspecified atom stereocenters. The van der Waals surface area contributed by atoms with Crippen LogP contribution >= 0.6 is 0 Å². The van der Waals surface area contributed by atoms with Crippen LogP contribution in [0, 0.1) is 11.8 Å². The predicted molar refractivity (Wildman–Crippen MR) is 76.7 cm³/mol. The van der Waals surface area contributed by atoms with Gasteiger partial charge in [0.25, 0.3) is 0 Å². The smallest absolute Gasteiger partial charge is 0.177 e. The molecule has 1 fully saturated rings. The Morgan fingerprint density at radius 2 is 2.16 bits per heavy atom. The summed E-state index contributed by atoms with van der Waals surface area (Å²) >= 11 is 0. The van der Waals surface area contributed by atoms with Crippen LogP contribution in [0.5, 0.6) is 5.75 Å². The lowest BCUT2D eigenvalue weighted by atomic mass is 9.85. The molecule has 0 spiro atoms. The fraction of sp³-hybridized carbons (Fsp3) is 0.562. The number of ketones is 1. The summed E-state index contributed by atoms with van der Waals surface area (Å²) in [5, 5.41) is 0. The van der Waals surface area contributed by atoms with Gasteiger partial charge in [-0.2, -0.15) is 0 Å². The lowest BCUT2D eigenvalue weighted by molar-refractivity contribution is 0.0864. The standard InChI is InChI=1S/C16H22NO2/c1-11-6-7-17(2)10-12(8-11)16(18)14-5-4-13(19-3)9-15(14)17/h4-5,9,11-12H,6-8,10H2,1-3H3/q+1. The van der Waals surface area contributed by atoms with Crippen molar-refractivity contribution >= 4 is 11.5 Å². The van der Waals surface area contributed by atoms with E-state index in [0.717, 1.165) is 41.0 Å². The number of Topliss-reactive ketones (excluding diaryl/α,β-unsaturated/α-hetero) is 1. The first-order chi connectivity index (χ1) is 9.03. The highest BCUT2D eigenvalue weighted by molar-refractivity contribution is 6.04. The van der Waals surface area contributed by atoms with Crippen LogP contribution in [0.15, 0.2) is 18.2 Å². The molecular formula is C16H22NO2+. The molecule has 102 valence electrons. The maximum absolute atomic E-state index is 12.6. The zero-order valence-corrected chi connectivity index (χ0v) is 12.0. The molecule has 0 N–H and O–H groups in total. The van der Waals surface area contributed by atoms with E-state index in [2.05, 4.69) is 20.0 Å². The van der Waals surface area contributed by atoms with Crippen molar-refractivity contribution < 1.29 is 9.53 Å². The molecule has 0 aromatic heterocycles. The molecule has 2 bridgehead atoms. The third-order valence-electron chi connectivity index (χ3n) is 4.85. The summed E-state index contributed by atoms with van der Waals surface area (Å²) < 4.78 is 6.21. The van der Waals surface area contributed by atoms with Crippen molar-refractivity contribution in [2.45, 2.75) is 19.8 Å². The van der Waals surface area contributed by atoms with Crippen LogP contribution in [0.25, 0.3) is 0 Å². The molecule has 2 aliphatic rings. The SMILES string of the molecule is COc1ccc2c(c1)[N+]1(C)CCC(C)CC(C1)C2=O. The molecule has 1 aromatic rings. The Balaban J connectivity index is 2.14. The maximum atomic E-state index is 12.6. The Hall–Kier alpha value is -1.35. The Bertz CT molecular complexity index is 525. The lowest BCUT2D eigenvalue weighted by Gasteiger charge is -2.39. The van der Waals surface area contributed by atoms with Crippen LogP contribution in [0.3, 0.4) is 0 Å². The zero-order chi connectivity index (χ0) is 13.6. The molecule has 2 heterocycles. The second-order valence-corrected chi connectivity index (χ2v) is 6.38. The highest BCUT2D eigenvalue weighted by atomic mass is 16.5. The van der Waals surface area contributed by atoms with Crippen LogP contribution < -0.4 is 9.22 Å². The molecule has 3 nitrogen and oxygen atoms in total. The van der Waals surface area contributed by atoms with Crippen molar-refractivity contribution in [3.8, 4) is 5.75 Å². The summed E-state index contributed by atoms with van der Waals surface area (Å²) in [6.45, 7) is 4.33. The first-order valence-corrected chi connectivity index (χ1v) is 7.11. The van der Waals surface area contributed by atoms with Gasteiger partial charge in [0.15, 0.2) is 5.78 Å². The van der Waals surface area contributed by atoms with Crippen LogP contribution in [-0.4, -0.2) is 33.0 Å². The topological polar surface area (TPSA) is 26.3 Å². The van der Waals surface area contributed by atoms with Crippen molar-refractivity contribution in [2.24, 2.45) is 11.8 Å². The Morgan fingerprint density at radius 1 is 1.37 bits per heavy atom. The third kappa shape index (κ3) is 1.96. The highest BCUT2D eigenvalue weighted by Gasteiger charge is 2.44. The summed E-state index contributed by atoms with van der Waals surface area (Å²) in [4.78, 5) is 12.6. The fourth-order valence-electron chi connectivity index (χ4n) is 3.68. The largest absolute Gasteiger partial charge is 0.497 e. The van der Waals surface area contributed by atoms with Gasteiger partial charge in [0, 0.05) is 6.07 Å². The Morgan fingerprint density at radius 3 is 2.89 bits per heavy atom. The molecule has 0 aliphatic carbocycles. The van der Waals surface area contributed by atoms with E-state index in [9.17, 15) is 4.79 Å². The van der Waals surface area contributed by atoms with E-state index >= 15 is 0 Å². The Labute approximate surface area is 114 Å². The van der Waals surface area contributed by atoms with E-state index in [1.54, 1.807) is 7.11 Å². The van der Waals surface area contributed by atoms with Gasteiger partial charge in [-0.3, -0.25) is 9.28 Å². The van der Waals surface area contributed by atoms with E-state index in [0.29, 0.717) is 11.7 Å². The molecule has 3 atom stereocenters. The van der Waals surface area contributed by atoms with Crippen LogP contribution in [0.4, 0.5) is 5.69 Å². The number of hydrogen-bond donors (Lipinski definition) is 0. The zero-order valence-electron chi connectivity index (χ0n) is 12.0. The minimum atomic E-state index is 0.198. The molecule has 0 radical (unpaired) electrons. The van der Waals surface area contributed by atoms with Gasteiger partial charge < -0.3 is 4.74 Å². The first kappa shape index (κ1) is 12.7. The van der Waals surface area contributed by atoms with Gasteiger partial charge >= 0.3 is 0 Å². The molecule has 0 amide bonds. The number of rotatable bonds is 1. The van der Waals surface area contributed by atoms with Gasteiger partial charge in [-0.15, -0.1) is 0 Å². The lowest BCUT2D eigenvalue weighted by Crippen LogP contribution is -2.53. The number of nitrogens with zero attached hydrogens (tertiary/aromatic N) is 1. The average molecular weight is 260 g/mol. The summed E-state index contributed by atoms with van der Waals surface area (Å²) in [6.07, 6.45) is 2.23. The van der Waals surface area contributed by atoms with Gasteiger partial charge in [0.1, 0.15) is 11.4 Å². The molecular weight excluding hydrogens is 238 g/mol. The molecule has 1 aromatic carbocycles. The van der Waals surface area contributed by atoms with Gasteiger partial charge in [0.2, 0.25) is 0 Å². The van der Waals surface area contributed by atoms with E-state index in [-0.39, 0.29) is 5.92 Å². The second kappa shape index (κ2) is 4.34. The molecule has 1 saturated heterocycles. The van der Waals surface area contributed by atoms with Crippen molar-refractivity contribution in [3.63, 3.8) is 0 Å². The summed E-state index contributed by atoms with van der Waals surface area (Å²) in [7, 11) is 3.94. The summed E-state index contributed by atoms with van der Waals surface area (Å²) in [6, 6.07) is 5.92. The molecule has 19 heavy (non-hydrogen) atoms. The normalized spacial score (nSPS) is 33.5. The number of hydrogen-bond acceptors (Lipinski definition) is 2. The van der Waals surface area contributed by atoms with Crippen molar-refractivity contribution in [3.05, 3.63) is 23.8 Å². The minimum Gasteiger partial charge on any atom is -0.497 e. The van der Waals surface area contributed by atoms with E-state index in [1.807, 2.05) is 12.1 Å². The van der Waals surface area contributed by atoms with Gasteiger partial charge in [-0.25, -0.2) is 0 Å². The van der Waals surface area contributed by atoms with E-state index in [1.165, 1.54) is 6.42 Å². The average Bonchev–Trinajstić information content (AvgIpc) is 2.55. The Kier molecular flexibility index (Phi) is 2.90. The second-order valence-electron chi connectivity index (χ2n) is 6.38. The quantitative estimate of drug-likeness (QED) is 0.726. The summed E-state index contributed by atoms with van der Waals surface area (Å²) in [5.41, 5.74) is 2.06. The number of benzene rings is 1. The molecule has 3 heteroatoms. The number of quaternary nitrogens is 1. The molecule has 0 saturated carbocycles. The van der Waals surface area contributed by atoms with E-state index < -0.39 is 0 Å². The van der Waals surface area contributed by atoms with E-state index in [4.69, 9.17) is 4.74 Å². The van der Waals surface area contributed by atoms with Crippen LogP contribution in [0.1, 0.15) is 30.1 Å². The monoisotopic (exact) mass is 260 g/mol. The van der Waals surface area contributed by atoms with Gasteiger partial charge in [0.05, 0.1) is 38.7 Å². The first-order valence-electron chi connectivity index (χ1n) is 7.11.